The highest BCUT2D eigenvalue weighted by Crippen LogP contribution is 2.38. The summed E-state index contributed by atoms with van der Waals surface area (Å²) in [5.74, 6) is 0.998. The molecule has 1 fully saturated rings. The molecule has 5 nitrogen and oxygen atoms in total. The van der Waals surface area contributed by atoms with Gasteiger partial charge >= 0.3 is 5.97 Å². The number of benzene rings is 1. The molecule has 21 heavy (non-hydrogen) atoms. The molecule has 1 aliphatic rings. The lowest BCUT2D eigenvalue weighted by Crippen LogP contribution is -2.18. The van der Waals surface area contributed by atoms with Crippen LogP contribution in [0.2, 0.25) is 0 Å². The van der Waals surface area contributed by atoms with Gasteiger partial charge in [0.1, 0.15) is 11.7 Å². The monoisotopic (exact) mass is 285 g/mol. The highest BCUT2D eigenvalue weighted by Gasteiger charge is 2.32. The fraction of sp³-hybridized carbons (Fsp3) is 0.438. The summed E-state index contributed by atoms with van der Waals surface area (Å²) in [6.45, 7) is 4.15. The summed E-state index contributed by atoms with van der Waals surface area (Å²) in [5, 5.41) is 7.21. The van der Waals surface area contributed by atoms with Gasteiger partial charge in [-0.25, -0.2) is 4.98 Å². The molecule has 3 rings (SSSR count). The molecule has 1 aromatic carbocycles. The first-order chi connectivity index (χ1) is 10.2. The zero-order valence-electron chi connectivity index (χ0n) is 12.3. The van der Waals surface area contributed by atoms with Crippen molar-refractivity contribution < 1.29 is 9.53 Å². The van der Waals surface area contributed by atoms with Gasteiger partial charge in [0.25, 0.3) is 0 Å². The van der Waals surface area contributed by atoms with Crippen LogP contribution in [0.25, 0.3) is 0 Å². The van der Waals surface area contributed by atoms with Crippen molar-refractivity contribution in [3.05, 3.63) is 47.0 Å². The van der Waals surface area contributed by atoms with E-state index in [4.69, 9.17) is 4.74 Å². The molecule has 0 spiro atoms. The van der Waals surface area contributed by atoms with Crippen LogP contribution in [0.1, 0.15) is 54.4 Å². The second-order valence-corrected chi connectivity index (χ2v) is 5.45. The zero-order valence-corrected chi connectivity index (χ0v) is 12.3. The Morgan fingerprint density at radius 2 is 2.29 bits per heavy atom. The summed E-state index contributed by atoms with van der Waals surface area (Å²) in [6, 6.07) is 7.83. The van der Waals surface area contributed by atoms with Gasteiger partial charge in [0.15, 0.2) is 5.82 Å². The summed E-state index contributed by atoms with van der Waals surface area (Å²) in [6.07, 6.45) is 2.28. The normalized spacial score (nSPS) is 15.7. The number of esters is 1. The van der Waals surface area contributed by atoms with Crippen LogP contribution in [-0.2, 0) is 9.53 Å². The van der Waals surface area contributed by atoms with Crippen LogP contribution in [0.5, 0.6) is 0 Å². The van der Waals surface area contributed by atoms with Gasteiger partial charge in [0.2, 0.25) is 0 Å². The molecule has 0 amide bonds. The molecule has 0 saturated heterocycles. The number of aromatic amines is 1. The van der Waals surface area contributed by atoms with Crippen LogP contribution in [0.4, 0.5) is 0 Å². The van der Waals surface area contributed by atoms with E-state index in [1.807, 2.05) is 31.2 Å². The number of H-pyrrole nitrogens is 1. The van der Waals surface area contributed by atoms with E-state index in [-0.39, 0.29) is 5.97 Å². The molecule has 1 heterocycles. The minimum Gasteiger partial charge on any atom is -0.465 e. The molecule has 5 heteroatoms. The second-order valence-electron chi connectivity index (χ2n) is 5.45. The lowest BCUT2D eigenvalue weighted by molar-refractivity contribution is -0.144. The summed E-state index contributed by atoms with van der Waals surface area (Å²) < 4.78 is 5.21. The number of hydrogen-bond donors (Lipinski definition) is 1. The Bertz CT molecular complexity index is 646. The lowest BCUT2D eigenvalue weighted by atomic mass is 9.97. The second kappa shape index (κ2) is 5.68. The maximum Gasteiger partial charge on any atom is 0.321 e. The SMILES string of the molecule is CCOC(=O)C(c1cccc(C)c1)c1n[nH]c(C2CC2)n1. The molecule has 110 valence electrons. The Kier molecular flexibility index (Phi) is 3.73. The van der Waals surface area contributed by atoms with E-state index in [0.717, 1.165) is 29.8 Å². The van der Waals surface area contributed by atoms with Crippen LogP contribution in [0.15, 0.2) is 24.3 Å². The number of carbonyl (C=O) groups is 1. The number of nitrogens with zero attached hydrogens (tertiary/aromatic N) is 2. The topological polar surface area (TPSA) is 67.9 Å². The van der Waals surface area contributed by atoms with E-state index >= 15 is 0 Å². The zero-order chi connectivity index (χ0) is 14.8. The Morgan fingerprint density at radius 3 is 2.95 bits per heavy atom. The van der Waals surface area contributed by atoms with E-state index in [2.05, 4.69) is 15.2 Å². The first-order valence-electron chi connectivity index (χ1n) is 7.34. The van der Waals surface area contributed by atoms with Crippen molar-refractivity contribution in [2.75, 3.05) is 6.61 Å². The Balaban J connectivity index is 1.96. The third kappa shape index (κ3) is 2.96. The van der Waals surface area contributed by atoms with Gasteiger partial charge in [-0.2, -0.15) is 5.10 Å². The quantitative estimate of drug-likeness (QED) is 0.858. The van der Waals surface area contributed by atoms with Gasteiger partial charge < -0.3 is 4.74 Å². The fourth-order valence-electron chi connectivity index (χ4n) is 2.42. The van der Waals surface area contributed by atoms with Crippen LogP contribution in [-0.4, -0.2) is 27.8 Å². The van der Waals surface area contributed by atoms with Crippen LogP contribution in [0.3, 0.4) is 0 Å². The molecule has 0 radical (unpaired) electrons. The highest BCUT2D eigenvalue weighted by atomic mass is 16.5. The number of nitrogens with one attached hydrogen (secondary N) is 1. The summed E-state index contributed by atoms with van der Waals surface area (Å²) in [5.41, 5.74) is 1.97. The third-order valence-corrected chi connectivity index (χ3v) is 3.64. The van der Waals surface area contributed by atoms with Crippen molar-refractivity contribution in [1.29, 1.82) is 0 Å². The standard InChI is InChI=1S/C16H19N3O2/c1-3-21-16(20)13(12-6-4-5-10(2)9-12)15-17-14(18-19-15)11-7-8-11/h4-6,9,11,13H,3,7-8H2,1-2H3,(H,17,18,19). The number of aryl methyl sites for hydroxylation is 1. The van der Waals surface area contributed by atoms with Gasteiger partial charge in [-0.15, -0.1) is 0 Å². The lowest BCUT2D eigenvalue weighted by Gasteiger charge is -2.13. The van der Waals surface area contributed by atoms with Gasteiger partial charge in [-0.3, -0.25) is 9.89 Å². The predicted molar refractivity (Wildman–Crippen MR) is 78.0 cm³/mol. The average molecular weight is 285 g/mol. The van der Waals surface area contributed by atoms with Crippen LogP contribution < -0.4 is 0 Å². The van der Waals surface area contributed by atoms with E-state index in [1.165, 1.54) is 0 Å². The van der Waals surface area contributed by atoms with E-state index in [9.17, 15) is 4.79 Å². The van der Waals surface area contributed by atoms with Crippen LogP contribution >= 0.6 is 0 Å². The Morgan fingerprint density at radius 1 is 1.48 bits per heavy atom. The van der Waals surface area contributed by atoms with Crippen molar-refractivity contribution in [1.82, 2.24) is 15.2 Å². The van der Waals surface area contributed by atoms with Gasteiger partial charge in [-0.1, -0.05) is 29.8 Å². The van der Waals surface area contributed by atoms with E-state index < -0.39 is 5.92 Å². The van der Waals surface area contributed by atoms with Crippen molar-refractivity contribution in [2.45, 2.75) is 38.5 Å². The summed E-state index contributed by atoms with van der Waals surface area (Å²) >= 11 is 0. The molecule has 0 bridgehead atoms. The molecular weight excluding hydrogens is 266 g/mol. The smallest absolute Gasteiger partial charge is 0.321 e. The number of carbonyl (C=O) groups excluding carboxylic acids is 1. The molecule has 2 aromatic rings. The Labute approximate surface area is 123 Å². The summed E-state index contributed by atoms with van der Waals surface area (Å²) in [7, 11) is 0. The van der Waals surface area contributed by atoms with Gasteiger partial charge in [-0.05, 0) is 32.3 Å². The third-order valence-electron chi connectivity index (χ3n) is 3.64. The van der Waals surface area contributed by atoms with Gasteiger partial charge in [0.05, 0.1) is 6.61 Å². The van der Waals surface area contributed by atoms with E-state index in [1.54, 1.807) is 6.92 Å². The molecule has 1 saturated carbocycles. The highest BCUT2D eigenvalue weighted by molar-refractivity contribution is 5.81. The molecule has 1 atom stereocenters. The maximum atomic E-state index is 12.3. The van der Waals surface area contributed by atoms with Crippen molar-refractivity contribution in [2.24, 2.45) is 0 Å². The van der Waals surface area contributed by atoms with E-state index in [0.29, 0.717) is 18.3 Å². The molecule has 1 unspecified atom stereocenters. The fourth-order valence-corrected chi connectivity index (χ4v) is 2.42. The van der Waals surface area contributed by atoms with Crippen molar-refractivity contribution in [3.8, 4) is 0 Å². The first kappa shape index (κ1) is 13.8. The van der Waals surface area contributed by atoms with Crippen LogP contribution in [0, 0.1) is 6.92 Å². The van der Waals surface area contributed by atoms with Crippen molar-refractivity contribution >= 4 is 5.97 Å². The largest absolute Gasteiger partial charge is 0.465 e. The average Bonchev–Trinajstić information content (AvgIpc) is 3.20. The number of hydrogen-bond acceptors (Lipinski definition) is 4. The maximum absolute atomic E-state index is 12.3. The minimum atomic E-state index is -0.561. The van der Waals surface area contributed by atoms with Crippen molar-refractivity contribution in [3.63, 3.8) is 0 Å². The molecule has 1 aromatic heterocycles. The Hall–Kier alpha value is -2.17. The number of aromatic nitrogens is 3. The number of rotatable bonds is 5. The molecule has 0 aliphatic heterocycles. The first-order valence-corrected chi connectivity index (χ1v) is 7.34. The number of ether oxygens (including phenoxy) is 1. The van der Waals surface area contributed by atoms with Gasteiger partial charge in [0, 0.05) is 5.92 Å². The molecule has 1 N–H and O–H groups in total. The molecular formula is C16H19N3O2. The molecule has 1 aliphatic carbocycles. The minimum absolute atomic E-state index is 0.301. The predicted octanol–water partition coefficient (Wildman–Crippen LogP) is 2.69. The summed E-state index contributed by atoms with van der Waals surface area (Å²) in [4.78, 5) is 16.8.